The van der Waals surface area contributed by atoms with E-state index in [1.165, 1.54) is 6.08 Å². The van der Waals surface area contributed by atoms with Crippen LogP contribution in [0.15, 0.2) is 36.0 Å². The number of ketones is 2. The maximum absolute atomic E-state index is 14.3. The Morgan fingerprint density at radius 2 is 1.77 bits per heavy atom. The number of hydrogen-bond acceptors (Lipinski definition) is 13. The molecule has 0 spiro atoms. The Kier molecular flexibility index (Phi) is 11.1. The number of aliphatic hydroxyl groups is 1. The molecule has 3 amide bonds. The van der Waals surface area contributed by atoms with Crippen LogP contribution in [-0.2, 0) is 55.9 Å². The highest BCUT2D eigenvalue weighted by atomic mass is 31.3. The first-order chi connectivity index (χ1) is 24.9. The summed E-state index contributed by atoms with van der Waals surface area (Å²) in [5, 5.41) is 14.2. The van der Waals surface area contributed by atoms with Crippen LogP contribution in [0.1, 0.15) is 65.7 Å². The molecule has 11 unspecified atom stereocenters. The summed E-state index contributed by atoms with van der Waals surface area (Å²) in [6.45, 7) is 3.62. The van der Waals surface area contributed by atoms with Gasteiger partial charge in [0.1, 0.15) is 6.61 Å². The molecule has 6 aliphatic rings. The zero-order valence-corrected chi connectivity index (χ0v) is 31.5. The second-order valence-electron chi connectivity index (χ2n) is 15.0. The molecule has 6 rings (SSSR count). The van der Waals surface area contributed by atoms with Gasteiger partial charge >= 0.3 is 15.6 Å². The minimum atomic E-state index is -5.41. The zero-order chi connectivity index (χ0) is 38.6. The molecule has 0 aromatic carbocycles. The second kappa shape index (κ2) is 14.8. The predicted octanol–water partition coefficient (Wildman–Crippen LogP) is 2.41. The van der Waals surface area contributed by atoms with Gasteiger partial charge in [0.15, 0.2) is 23.5 Å². The van der Waals surface area contributed by atoms with Gasteiger partial charge in [0.2, 0.25) is 5.91 Å². The van der Waals surface area contributed by atoms with Gasteiger partial charge in [-0.1, -0.05) is 38.8 Å². The van der Waals surface area contributed by atoms with E-state index in [1.807, 2.05) is 26.8 Å². The minimum Gasteiger partial charge on any atom is -0.393 e. The van der Waals surface area contributed by atoms with E-state index in [2.05, 4.69) is 9.63 Å². The van der Waals surface area contributed by atoms with Gasteiger partial charge in [-0.3, -0.25) is 37.9 Å². The van der Waals surface area contributed by atoms with E-state index in [-0.39, 0.29) is 49.5 Å². The number of amides is 3. The molecule has 2 heterocycles. The highest BCUT2D eigenvalue weighted by molar-refractivity contribution is 7.61. The molecule has 1 saturated heterocycles. The molecule has 0 bridgehead atoms. The fourth-order valence-corrected chi connectivity index (χ4v) is 11.8. The maximum atomic E-state index is 14.3. The van der Waals surface area contributed by atoms with E-state index >= 15 is 0 Å². The van der Waals surface area contributed by atoms with E-state index < -0.39 is 87.3 Å². The Morgan fingerprint density at radius 1 is 1.08 bits per heavy atom. The third-order valence-electron chi connectivity index (χ3n) is 11.9. The maximum Gasteiger partial charge on any atom is 0.481 e. The lowest BCUT2D eigenvalue weighted by molar-refractivity contribution is -0.200. The number of rotatable bonds is 15. The number of nitrogens with zero attached hydrogens (tertiary/aromatic N) is 1. The molecule has 4 fully saturated rings. The third-order valence-corrected chi connectivity index (χ3v) is 14.5. The van der Waals surface area contributed by atoms with Crippen molar-refractivity contribution in [1.29, 1.82) is 0 Å². The number of phosphoric acid groups is 2. The molecule has 2 aliphatic heterocycles. The summed E-state index contributed by atoms with van der Waals surface area (Å²) in [6.07, 6.45) is 7.59. The van der Waals surface area contributed by atoms with Crippen LogP contribution in [0.3, 0.4) is 0 Å². The predicted molar refractivity (Wildman–Crippen MR) is 182 cm³/mol. The van der Waals surface area contributed by atoms with Crippen LogP contribution < -0.4 is 5.32 Å². The lowest BCUT2D eigenvalue weighted by atomic mass is 9.46. The molecule has 4 aliphatic carbocycles. The Balaban J connectivity index is 1.08. The summed E-state index contributed by atoms with van der Waals surface area (Å²) in [6, 6.07) is 0. The molecule has 19 heteroatoms. The average Bonchev–Trinajstić information content (AvgIpc) is 3.68. The number of hydrogen-bond donors (Lipinski definition) is 4. The highest BCUT2D eigenvalue weighted by Crippen LogP contribution is 2.70. The van der Waals surface area contributed by atoms with Crippen LogP contribution in [0.5, 0.6) is 0 Å². The van der Waals surface area contributed by atoms with E-state index in [1.54, 1.807) is 6.08 Å². The van der Waals surface area contributed by atoms with Crippen molar-refractivity contribution in [3.63, 3.8) is 0 Å². The standard InChI is InChI=1S/C34H46N2O15P2/c1-4-5-30-49-26-17-23-22-7-6-20-16-21(37)10-12-32(20,2)31(22)24(38)18-33(23,3)34(26,50-30)25(39)19-48-53(45,46)51-52(43,44)47-15-13-35-27(40)11-14-36-28(41)8-9-29(36)42/h8-10,12,16,22-24,26,30-31,38H,4-7,11,13-15,17-19H2,1-3H3,(H,35,40)(H,43,44)(H,45,46). The SMILES string of the molecule is CCCC1OC2CC3C4CCC5=CC(=O)C=CC5(C)C4C(O)CC3(C)C2(C(=O)COP(=O)(O)OP(=O)(O)OCCNC(=O)CCN2C(=O)C=CC2=O)O1. The molecule has 53 heavy (non-hydrogen) atoms. The first-order valence-corrected chi connectivity index (χ1v) is 20.8. The van der Waals surface area contributed by atoms with Crippen LogP contribution in [0.2, 0.25) is 0 Å². The number of aliphatic hydroxyl groups excluding tert-OH is 1. The van der Waals surface area contributed by atoms with Crippen LogP contribution in [-0.4, -0.2) is 99.5 Å². The highest BCUT2D eigenvalue weighted by Gasteiger charge is 2.76. The molecule has 17 nitrogen and oxygen atoms in total. The first-order valence-electron chi connectivity index (χ1n) is 17.8. The van der Waals surface area contributed by atoms with Gasteiger partial charge in [-0.15, -0.1) is 0 Å². The molecular weight excluding hydrogens is 738 g/mol. The van der Waals surface area contributed by atoms with Crippen molar-refractivity contribution in [2.24, 2.45) is 28.6 Å². The van der Waals surface area contributed by atoms with Gasteiger partial charge in [0.05, 0.1) is 18.8 Å². The van der Waals surface area contributed by atoms with Crippen LogP contribution in [0.4, 0.5) is 0 Å². The zero-order valence-electron chi connectivity index (χ0n) is 29.7. The second-order valence-corrected chi connectivity index (χ2v) is 18.0. The van der Waals surface area contributed by atoms with Crippen molar-refractivity contribution in [2.45, 2.75) is 89.8 Å². The van der Waals surface area contributed by atoms with Gasteiger partial charge < -0.3 is 29.7 Å². The fourth-order valence-electron chi connectivity index (χ4n) is 9.74. The summed E-state index contributed by atoms with van der Waals surface area (Å²) >= 11 is 0. The van der Waals surface area contributed by atoms with Crippen molar-refractivity contribution in [2.75, 3.05) is 26.3 Å². The van der Waals surface area contributed by atoms with Gasteiger partial charge in [-0.25, -0.2) is 9.13 Å². The fraction of sp³-hybridized carbons (Fsp3) is 0.676. The average molecular weight is 785 g/mol. The summed E-state index contributed by atoms with van der Waals surface area (Å²) in [5.41, 5.74) is -2.26. The molecular formula is C34H46N2O15P2. The lowest BCUT2D eigenvalue weighted by Crippen LogP contribution is -2.63. The number of imide groups is 1. The summed E-state index contributed by atoms with van der Waals surface area (Å²) in [4.78, 5) is 83.1. The minimum absolute atomic E-state index is 0.0676. The molecule has 3 saturated carbocycles. The molecule has 0 aromatic rings. The largest absolute Gasteiger partial charge is 0.481 e. The van der Waals surface area contributed by atoms with Crippen molar-refractivity contribution >= 4 is 44.9 Å². The molecule has 11 atom stereocenters. The number of fused-ring (bicyclic) bond motifs is 7. The monoisotopic (exact) mass is 784 g/mol. The Hall–Kier alpha value is -2.69. The number of carbonyl (C=O) groups is 5. The number of nitrogens with one attached hydrogen (secondary N) is 1. The van der Waals surface area contributed by atoms with Crippen molar-refractivity contribution in [1.82, 2.24) is 10.2 Å². The first kappa shape index (κ1) is 40.0. The topological polar surface area (TPSA) is 242 Å². The molecule has 0 radical (unpaired) electrons. The number of carbonyl (C=O) groups excluding carboxylic acids is 5. The number of ether oxygens (including phenoxy) is 2. The van der Waals surface area contributed by atoms with Crippen molar-refractivity contribution in [3.05, 3.63) is 36.0 Å². The summed E-state index contributed by atoms with van der Waals surface area (Å²) in [5.74, 6) is -3.01. The molecule has 292 valence electrons. The van der Waals surface area contributed by atoms with Gasteiger partial charge in [0, 0.05) is 48.4 Å². The van der Waals surface area contributed by atoms with Gasteiger partial charge in [0.25, 0.3) is 11.8 Å². The summed E-state index contributed by atoms with van der Waals surface area (Å²) in [7, 11) is -10.7. The number of phosphoric ester groups is 2. The van der Waals surface area contributed by atoms with E-state index in [9.17, 15) is 48.0 Å². The lowest BCUT2D eigenvalue weighted by Gasteiger charge is -2.59. The van der Waals surface area contributed by atoms with E-state index in [4.69, 9.17) is 18.5 Å². The van der Waals surface area contributed by atoms with Crippen LogP contribution >= 0.6 is 15.6 Å². The smallest absolute Gasteiger partial charge is 0.393 e. The quantitative estimate of drug-likeness (QED) is 0.106. The van der Waals surface area contributed by atoms with Gasteiger partial charge in [-0.2, -0.15) is 4.31 Å². The third kappa shape index (κ3) is 7.38. The van der Waals surface area contributed by atoms with Crippen molar-refractivity contribution in [3.8, 4) is 0 Å². The van der Waals surface area contributed by atoms with E-state index in [0.29, 0.717) is 32.1 Å². The number of Topliss-reactive ketones (excluding diaryl/α,β-unsaturated/α-hetero) is 1. The molecule has 4 N–H and O–H groups in total. The van der Waals surface area contributed by atoms with Crippen molar-refractivity contribution < 1.29 is 70.8 Å². The summed E-state index contributed by atoms with van der Waals surface area (Å²) < 4.78 is 52.3. The Bertz CT molecular complexity index is 1730. The van der Waals surface area contributed by atoms with Crippen LogP contribution in [0, 0.1) is 28.6 Å². The molecule has 0 aromatic heterocycles. The number of allylic oxidation sites excluding steroid dienone is 4. The normalized spacial score (nSPS) is 38.0. The Morgan fingerprint density at radius 3 is 2.47 bits per heavy atom. The van der Waals surface area contributed by atoms with Crippen LogP contribution in [0.25, 0.3) is 0 Å². The van der Waals surface area contributed by atoms with Gasteiger partial charge in [-0.05, 0) is 56.1 Å². The van der Waals surface area contributed by atoms with E-state index in [0.717, 1.165) is 22.6 Å². The Labute approximate surface area is 306 Å².